The average molecular weight is 395 g/mol. The van der Waals surface area contributed by atoms with E-state index >= 15 is 0 Å². The van der Waals surface area contributed by atoms with E-state index in [1.807, 2.05) is 35.6 Å². The number of hydrogen-bond donors (Lipinski definition) is 1. The Bertz CT molecular complexity index is 1260. The van der Waals surface area contributed by atoms with E-state index in [-0.39, 0.29) is 5.91 Å². The first-order valence-corrected chi connectivity index (χ1v) is 10.5. The fourth-order valence-corrected chi connectivity index (χ4v) is 4.27. The van der Waals surface area contributed by atoms with Gasteiger partial charge in [-0.3, -0.25) is 14.9 Å². The number of anilines is 1. The molecule has 1 saturated carbocycles. The molecule has 0 unspecified atom stereocenters. The first kappa shape index (κ1) is 17.3. The summed E-state index contributed by atoms with van der Waals surface area (Å²) in [6.45, 7) is 0.807. The number of aromatic nitrogens is 4. The molecule has 1 N–H and O–H groups in total. The normalized spacial score (nSPS) is 16.5. The number of fused-ring (bicyclic) bond motifs is 1. The largest absolute Gasteiger partial charge is 0.312 e. The van der Waals surface area contributed by atoms with E-state index in [1.165, 1.54) is 12.8 Å². The van der Waals surface area contributed by atoms with Gasteiger partial charge in [-0.15, -0.1) is 0 Å². The van der Waals surface area contributed by atoms with E-state index in [2.05, 4.69) is 39.4 Å². The molecule has 0 radical (unpaired) electrons. The highest BCUT2D eigenvalue weighted by molar-refractivity contribution is 5.96. The molecule has 1 aliphatic carbocycles. The van der Waals surface area contributed by atoms with Crippen molar-refractivity contribution in [3.63, 3.8) is 0 Å². The molecule has 2 fully saturated rings. The van der Waals surface area contributed by atoms with Crippen molar-refractivity contribution in [3.05, 3.63) is 60.7 Å². The van der Waals surface area contributed by atoms with Crippen LogP contribution < -0.4 is 4.90 Å². The Morgan fingerprint density at radius 3 is 2.60 bits per heavy atom. The van der Waals surface area contributed by atoms with Gasteiger partial charge in [0.2, 0.25) is 5.91 Å². The van der Waals surface area contributed by atoms with Crippen LogP contribution in [0.3, 0.4) is 0 Å². The Kier molecular flexibility index (Phi) is 3.91. The van der Waals surface area contributed by atoms with Crippen LogP contribution in [0.5, 0.6) is 0 Å². The summed E-state index contributed by atoms with van der Waals surface area (Å²) in [6.07, 6.45) is 9.67. The second kappa shape index (κ2) is 6.76. The van der Waals surface area contributed by atoms with Crippen molar-refractivity contribution in [2.45, 2.75) is 31.6 Å². The Hall–Kier alpha value is -3.54. The topological polar surface area (TPSA) is 74.8 Å². The number of carbonyl (C=O) groups excluding carboxylic acids is 1. The number of pyridine rings is 2. The Labute approximate surface area is 174 Å². The molecule has 30 heavy (non-hydrogen) atoms. The molecule has 3 aromatic heterocycles. The minimum absolute atomic E-state index is 0.208. The number of carbonyl (C=O) groups is 1. The molecule has 4 aromatic rings. The number of amides is 1. The molecule has 0 atom stereocenters. The lowest BCUT2D eigenvalue weighted by atomic mass is 9.99. The fourth-order valence-electron chi connectivity index (χ4n) is 4.27. The Balaban J connectivity index is 1.38. The van der Waals surface area contributed by atoms with Gasteiger partial charge in [0, 0.05) is 65.4 Å². The Morgan fingerprint density at radius 1 is 1.00 bits per heavy atom. The van der Waals surface area contributed by atoms with E-state index in [0.29, 0.717) is 12.3 Å². The predicted molar refractivity (Wildman–Crippen MR) is 116 cm³/mol. The number of aromatic amines is 1. The summed E-state index contributed by atoms with van der Waals surface area (Å²) in [7, 11) is 0. The van der Waals surface area contributed by atoms with Crippen molar-refractivity contribution in [2.24, 2.45) is 0 Å². The van der Waals surface area contributed by atoms with Crippen LogP contribution in [0.4, 0.5) is 5.69 Å². The minimum atomic E-state index is 0.208. The quantitative estimate of drug-likeness (QED) is 0.544. The van der Waals surface area contributed by atoms with Crippen LogP contribution in [0.1, 0.15) is 37.3 Å². The molecule has 1 saturated heterocycles. The average Bonchev–Trinajstić information content (AvgIpc) is 3.38. The van der Waals surface area contributed by atoms with E-state index < -0.39 is 0 Å². The summed E-state index contributed by atoms with van der Waals surface area (Å²) >= 11 is 0. The molecule has 4 heterocycles. The van der Waals surface area contributed by atoms with E-state index in [1.54, 1.807) is 0 Å². The van der Waals surface area contributed by atoms with Gasteiger partial charge in [0.1, 0.15) is 0 Å². The zero-order valence-corrected chi connectivity index (χ0v) is 16.5. The highest BCUT2D eigenvalue weighted by Gasteiger charge is 2.26. The van der Waals surface area contributed by atoms with E-state index in [4.69, 9.17) is 4.98 Å². The van der Waals surface area contributed by atoms with Crippen molar-refractivity contribution >= 4 is 22.6 Å². The third-order valence-electron chi connectivity index (χ3n) is 6.07. The van der Waals surface area contributed by atoms with Gasteiger partial charge in [-0.05, 0) is 54.7 Å². The summed E-state index contributed by atoms with van der Waals surface area (Å²) in [5.74, 6) is 0.765. The van der Waals surface area contributed by atoms with Crippen LogP contribution in [0.25, 0.3) is 33.3 Å². The molecule has 148 valence electrons. The number of benzene rings is 1. The molecule has 0 bridgehead atoms. The zero-order valence-electron chi connectivity index (χ0n) is 16.5. The van der Waals surface area contributed by atoms with Crippen LogP contribution in [-0.2, 0) is 4.79 Å². The predicted octanol–water partition coefficient (Wildman–Crippen LogP) is 4.69. The minimum Gasteiger partial charge on any atom is -0.312 e. The third kappa shape index (κ3) is 2.96. The summed E-state index contributed by atoms with van der Waals surface area (Å²) in [5.41, 5.74) is 7.15. The lowest BCUT2D eigenvalue weighted by molar-refractivity contribution is -0.117. The van der Waals surface area contributed by atoms with Crippen LogP contribution in [0, 0.1) is 0 Å². The number of H-pyrrole nitrogens is 1. The van der Waals surface area contributed by atoms with Crippen LogP contribution in [-0.4, -0.2) is 32.6 Å². The van der Waals surface area contributed by atoms with Gasteiger partial charge in [0.25, 0.3) is 0 Å². The van der Waals surface area contributed by atoms with Crippen molar-refractivity contribution in [2.75, 3.05) is 11.4 Å². The molecule has 6 heteroatoms. The number of rotatable bonds is 4. The van der Waals surface area contributed by atoms with Gasteiger partial charge < -0.3 is 4.90 Å². The third-order valence-corrected chi connectivity index (χ3v) is 6.07. The number of nitrogens with one attached hydrogen (secondary N) is 1. The van der Waals surface area contributed by atoms with E-state index in [0.717, 1.165) is 57.6 Å². The van der Waals surface area contributed by atoms with Crippen molar-refractivity contribution in [3.8, 4) is 22.3 Å². The van der Waals surface area contributed by atoms with Gasteiger partial charge in [-0.2, -0.15) is 5.10 Å². The smallest absolute Gasteiger partial charge is 0.227 e. The second-order valence-corrected chi connectivity index (χ2v) is 8.15. The molecular formula is C24H21N5O. The highest BCUT2D eigenvalue weighted by atomic mass is 16.2. The zero-order chi connectivity index (χ0) is 20.1. The lowest BCUT2D eigenvalue weighted by Gasteiger charge is -2.16. The first-order valence-electron chi connectivity index (χ1n) is 10.5. The first-order chi connectivity index (χ1) is 14.8. The molecule has 1 aliphatic heterocycles. The second-order valence-electron chi connectivity index (χ2n) is 8.15. The maximum absolute atomic E-state index is 12.0. The molecule has 2 aliphatic rings. The number of nitrogens with zero attached hydrogens (tertiary/aromatic N) is 4. The van der Waals surface area contributed by atoms with Gasteiger partial charge in [0.15, 0.2) is 5.65 Å². The standard InChI is InChI=1S/C24H21N5O/c30-23-2-1-9-29(23)19-7-5-15(6-8-19)17-10-18(13-25-12-17)20-11-22(16-3-4-16)27-24-21(20)14-26-28-24/h5-8,10-14,16H,1-4,9H2,(H,26,27,28). The maximum atomic E-state index is 12.0. The monoisotopic (exact) mass is 395 g/mol. The molecule has 1 amide bonds. The summed E-state index contributed by atoms with van der Waals surface area (Å²) in [5, 5.41) is 8.29. The maximum Gasteiger partial charge on any atom is 0.227 e. The van der Waals surface area contributed by atoms with Crippen LogP contribution in [0.2, 0.25) is 0 Å². The molecule has 1 aromatic carbocycles. The van der Waals surface area contributed by atoms with Gasteiger partial charge >= 0.3 is 0 Å². The lowest BCUT2D eigenvalue weighted by Crippen LogP contribution is -2.23. The highest BCUT2D eigenvalue weighted by Crippen LogP contribution is 2.41. The van der Waals surface area contributed by atoms with Gasteiger partial charge in [-0.1, -0.05) is 12.1 Å². The van der Waals surface area contributed by atoms with E-state index in [9.17, 15) is 4.79 Å². The molecule has 0 spiro atoms. The molecule has 6 nitrogen and oxygen atoms in total. The fraction of sp³-hybridized carbons (Fsp3) is 0.250. The summed E-state index contributed by atoms with van der Waals surface area (Å²) in [6, 6.07) is 12.5. The summed E-state index contributed by atoms with van der Waals surface area (Å²) in [4.78, 5) is 23.1. The van der Waals surface area contributed by atoms with Crippen molar-refractivity contribution in [1.29, 1.82) is 0 Å². The molecule has 6 rings (SSSR count). The number of hydrogen-bond acceptors (Lipinski definition) is 4. The SMILES string of the molecule is O=C1CCCN1c1ccc(-c2cncc(-c3cc(C4CC4)nc4n[nH]cc34)c2)cc1. The van der Waals surface area contributed by atoms with Gasteiger partial charge in [0.05, 0.1) is 0 Å². The summed E-state index contributed by atoms with van der Waals surface area (Å²) < 4.78 is 0. The Morgan fingerprint density at radius 2 is 1.83 bits per heavy atom. The van der Waals surface area contributed by atoms with Gasteiger partial charge in [-0.25, -0.2) is 4.98 Å². The van der Waals surface area contributed by atoms with Crippen molar-refractivity contribution < 1.29 is 4.79 Å². The van der Waals surface area contributed by atoms with Crippen molar-refractivity contribution in [1.82, 2.24) is 20.2 Å². The van der Waals surface area contributed by atoms with Crippen LogP contribution >= 0.6 is 0 Å². The molecular weight excluding hydrogens is 374 g/mol. The van der Waals surface area contributed by atoms with Crippen LogP contribution in [0.15, 0.2) is 55.0 Å².